The number of nitrogens with one attached hydrogen (secondary N) is 1. The molecule has 1 N–H and O–H groups in total. The number of H-pyrrole nitrogens is 1. The van der Waals surface area contributed by atoms with E-state index in [1.54, 1.807) is 48.7 Å². The van der Waals surface area contributed by atoms with E-state index in [-0.39, 0.29) is 66.1 Å². The van der Waals surface area contributed by atoms with Crippen molar-refractivity contribution < 1.29 is 23.2 Å². The van der Waals surface area contributed by atoms with Crippen LogP contribution in [0.25, 0.3) is 10.9 Å². The summed E-state index contributed by atoms with van der Waals surface area (Å²) in [7, 11) is 0. The summed E-state index contributed by atoms with van der Waals surface area (Å²) < 4.78 is 27.7. The molecule has 6 rings (SSSR count). The lowest BCUT2D eigenvalue weighted by molar-refractivity contribution is -0.126. The number of benzene rings is 2. The molecular weight excluding hydrogens is 614 g/mol. The average molecular weight is 645 g/mol. The number of pyridine rings is 1. The van der Waals surface area contributed by atoms with Gasteiger partial charge < -0.3 is 0 Å². The standard InChI is InChI=1S/C34H31ClF2N6O3/c35-26-4-2-1-3-25(26)32(29(44)9-5-21-11-14-34(36,37)15-12-21)42(24-6-7-27-23(18-24)20-40-41-27)33(46)28-8-10-31(45)43(28)30-17-22(19-38)13-16-39-30/h1-4,6-7,13,16-18,20-21,28,32H,5,8-12,14-15H2,(H,40,41)/t28-,32-/m0/s1. The van der Waals surface area contributed by atoms with Crippen molar-refractivity contribution in [2.75, 3.05) is 9.80 Å². The van der Waals surface area contributed by atoms with E-state index in [1.807, 2.05) is 6.07 Å². The third kappa shape index (κ3) is 6.35. The molecule has 1 saturated heterocycles. The highest BCUT2D eigenvalue weighted by molar-refractivity contribution is 6.32. The molecule has 2 aromatic heterocycles. The number of hydrogen-bond acceptors (Lipinski definition) is 6. The van der Waals surface area contributed by atoms with Gasteiger partial charge in [0.25, 0.3) is 5.91 Å². The van der Waals surface area contributed by atoms with Crippen LogP contribution in [0, 0.1) is 17.2 Å². The number of fused-ring (bicyclic) bond motifs is 1. The van der Waals surface area contributed by atoms with Gasteiger partial charge in [-0.25, -0.2) is 13.8 Å². The summed E-state index contributed by atoms with van der Waals surface area (Å²) in [5, 5.41) is 17.4. The molecule has 2 atom stereocenters. The molecule has 46 heavy (non-hydrogen) atoms. The van der Waals surface area contributed by atoms with Crippen LogP contribution in [0.1, 0.15) is 68.5 Å². The Labute approximate surface area is 269 Å². The fraction of sp³-hybridized carbons (Fsp3) is 0.353. The first kappa shape index (κ1) is 31.3. The Morgan fingerprint density at radius 2 is 1.91 bits per heavy atom. The molecule has 0 radical (unpaired) electrons. The monoisotopic (exact) mass is 644 g/mol. The van der Waals surface area contributed by atoms with E-state index in [0.717, 1.165) is 5.52 Å². The van der Waals surface area contributed by atoms with Crippen molar-refractivity contribution in [1.82, 2.24) is 15.2 Å². The molecule has 2 amide bonds. The number of aromatic amines is 1. The summed E-state index contributed by atoms with van der Waals surface area (Å²) in [5.41, 5.74) is 1.81. The van der Waals surface area contributed by atoms with Gasteiger partial charge in [-0.05, 0) is 68.0 Å². The fourth-order valence-electron chi connectivity index (χ4n) is 6.49. The second kappa shape index (κ2) is 13.0. The minimum absolute atomic E-state index is 0.0386. The largest absolute Gasteiger partial charge is 0.297 e. The molecule has 2 aromatic carbocycles. The van der Waals surface area contributed by atoms with Gasteiger partial charge >= 0.3 is 0 Å². The van der Waals surface area contributed by atoms with Gasteiger partial charge in [-0.15, -0.1) is 0 Å². The van der Waals surface area contributed by atoms with Crippen LogP contribution < -0.4 is 9.80 Å². The zero-order valence-corrected chi connectivity index (χ0v) is 25.6. The van der Waals surface area contributed by atoms with Crippen LogP contribution in [0.2, 0.25) is 5.02 Å². The predicted molar refractivity (Wildman–Crippen MR) is 168 cm³/mol. The average Bonchev–Trinajstić information content (AvgIpc) is 3.69. The molecule has 4 aromatic rings. The number of anilines is 2. The minimum atomic E-state index is -2.68. The Morgan fingerprint density at radius 3 is 2.67 bits per heavy atom. The summed E-state index contributed by atoms with van der Waals surface area (Å²) in [6, 6.07) is 14.8. The van der Waals surface area contributed by atoms with Crippen molar-refractivity contribution in [2.45, 2.75) is 69.4 Å². The number of halogens is 3. The second-order valence-electron chi connectivity index (χ2n) is 11.9. The molecule has 1 saturated carbocycles. The number of ketones is 1. The van der Waals surface area contributed by atoms with Gasteiger partial charge in [0.1, 0.15) is 17.9 Å². The first-order chi connectivity index (χ1) is 22.1. The van der Waals surface area contributed by atoms with Crippen LogP contribution in [-0.4, -0.2) is 44.7 Å². The number of nitriles is 1. The molecule has 0 unspecified atom stereocenters. The van der Waals surface area contributed by atoms with E-state index in [0.29, 0.717) is 35.9 Å². The number of alkyl halides is 2. The molecule has 2 fully saturated rings. The van der Waals surface area contributed by atoms with Crippen molar-refractivity contribution in [1.29, 1.82) is 5.26 Å². The maximum atomic E-state index is 14.8. The van der Waals surface area contributed by atoms with Gasteiger partial charge in [0.2, 0.25) is 11.8 Å². The van der Waals surface area contributed by atoms with Crippen LogP contribution in [0.4, 0.5) is 20.3 Å². The van der Waals surface area contributed by atoms with E-state index in [1.165, 1.54) is 28.1 Å². The topological polar surface area (TPSA) is 123 Å². The Bertz CT molecular complexity index is 1830. The quantitative estimate of drug-likeness (QED) is 0.211. The lowest BCUT2D eigenvalue weighted by atomic mass is 9.82. The van der Waals surface area contributed by atoms with Gasteiger partial charge in [-0.3, -0.25) is 29.3 Å². The van der Waals surface area contributed by atoms with Crippen LogP contribution >= 0.6 is 11.6 Å². The molecule has 236 valence electrons. The third-order valence-electron chi connectivity index (χ3n) is 8.96. The Kier molecular flexibility index (Phi) is 8.82. The first-order valence-corrected chi connectivity index (χ1v) is 15.6. The van der Waals surface area contributed by atoms with Gasteiger partial charge in [0.15, 0.2) is 5.78 Å². The number of carbonyl (C=O) groups is 3. The molecule has 0 spiro atoms. The van der Waals surface area contributed by atoms with E-state index in [4.69, 9.17) is 11.6 Å². The minimum Gasteiger partial charge on any atom is -0.297 e. The SMILES string of the molecule is N#Cc1ccnc(N2C(=O)CC[C@H]2C(=O)N(c2ccc3[nH]ncc3c2)[C@H](C(=O)CCC2CCC(F)(F)CC2)c2ccccc2Cl)c1. The number of nitrogens with zero attached hydrogens (tertiary/aromatic N) is 5. The van der Waals surface area contributed by atoms with Crippen molar-refractivity contribution in [3.63, 3.8) is 0 Å². The van der Waals surface area contributed by atoms with Crippen LogP contribution in [0.5, 0.6) is 0 Å². The number of rotatable bonds is 9. The predicted octanol–water partition coefficient (Wildman–Crippen LogP) is 6.93. The number of Topliss-reactive ketones (excluding diaryl/α,β-unsaturated/α-hetero) is 1. The Balaban J connectivity index is 1.42. The summed E-state index contributed by atoms with van der Waals surface area (Å²) in [6.45, 7) is 0. The van der Waals surface area contributed by atoms with Gasteiger partial charge in [-0.1, -0.05) is 29.8 Å². The smallest absolute Gasteiger partial charge is 0.251 e. The zero-order chi connectivity index (χ0) is 32.4. The normalized spacial score (nSPS) is 18.8. The number of carbonyl (C=O) groups excluding carboxylic acids is 3. The molecule has 0 bridgehead atoms. The summed E-state index contributed by atoms with van der Waals surface area (Å²) in [5.74, 6) is -3.70. The zero-order valence-electron chi connectivity index (χ0n) is 24.8. The summed E-state index contributed by atoms with van der Waals surface area (Å²) in [4.78, 5) is 49.4. The second-order valence-corrected chi connectivity index (χ2v) is 12.3. The van der Waals surface area contributed by atoms with Gasteiger partial charge in [0.05, 0.1) is 23.3 Å². The Hall–Kier alpha value is -4.69. The Morgan fingerprint density at radius 1 is 1.13 bits per heavy atom. The summed E-state index contributed by atoms with van der Waals surface area (Å²) >= 11 is 6.70. The molecule has 12 heteroatoms. The van der Waals surface area contributed by atoms with Crippen molar-refractivity contribution in [3.8, 4) is 6.07 Å². The summed E-state index contributed by atoms with van der Waals surface area (Å²) in [6.07, 6.45) is 3.93. The number of hydrogen-bond donors (Lipinski definition) is 1. The van der Waals surface area contributed by atoms with E-state index < -0.39 is 23.9 Å². The first-order valence-electron chi connectivity index (χ1n) is 15.2. The van der Waals surface area contributed by atoms with Crippen LogP contribution in [0.15, 0.2) is 67.0 Å². The van der Waals surface area contributed by atoms with Crippen molar-refractivity contribution in [3.05, 3.63) is 83.1 Å². The lowest BCUT2D eigenvalue weighted by Gasteiger charge is -2.36. The lowest BCUT2D eigenvalue weighted by Crippen LogP contribution is -2.50. The van der Waals surface area contributed by atoms with E-state index in [9.17, 15) is 28.4 Å². The van der Waals surface area contributed by atoms with Crippen molar-refractivity contribution >= 4 is 51.6 Å². The van der Waals surface area contributed by atoms with Crippen molar-refractivity contribution in [2.24, 2.45) is 5.92 Å². The highest BCUT2D eigenvalue weighted by Crippen LogP contribution is 2.40. The maximum absolute atomic E-state index is 14.8. The molecular formula is C34H31ClF2N6O3. The molecule has 3 heterocycles. The molecule has 1 aliphatic carbocycles. The third-order valence-corrected chi connectivity index (χ3v) is 9.30. The van der Waals surface area contributed by atoms with Gasteiger partial charge in [-0.2, -0.15) is 10.4 Å². The highest BCUT2D eigenvalue weighted by atomic mass is 35.5. The fourth-order valence-corrected chi connectivity index (χ4v) is 6.73. The number of aromatic nitrogens is 3. The van der Waals surface area contributed by atoms with E-state index in [2.05, 4.69) is 15.2 Å². The van der Waals surface area contributed by atoms with E-state index >= 15 is 0 Å². The van der Waals surface area contributed by atoms with Crippen LogP contribution in [-0.2, 0) is 14.4 Å². The maximum Gasteiger partial charge on any atom is 0.251 e. The van der Waals surface area contributed by atoms with Gasteiger partial charge in [0, 0.05) is 53.5 Å². The highest BCUT2D eigenvalue weighted by Gasteiger charge is 2.44. The molecule has 2 aliphatic rings. The molecule has 9 nitrogen and oxygen atoms in total. The number of amides is 2. The molecule has 1 aliphatic heterocycles. The van der Waals surface area contributed by atoms with Crippen LogP contribution in [0.3, 0.4) is 0 Å².